The number of sulfonamides is 1. The molecule has 0 unspecified atom stereocenters. The van der Waals surface area contributed by atoms with Crippen LogP contribution in [0.1, 0.15) is 51.5 Å². The lowest BCUT2D eigenvalue weighted by Crippen LogP contribution is -2.53. The third kappa shape index (κ3) is 5.46. The molecule has 1 aliphatic heterocycles. The zero-order valence-corrected chi connectivity index (χ0v) is 19.5. The molecule has 1 amide bonds. The molecule has 1 aromatic carbocycles. The molecule has 0 spiro atoms. The molecule has 3 rings (SSSR count). The van der Waals surface area contributed by atoms with Gasteiger partial charge in [0, 0.05) is 25.2 Å². The van der Waals surface area contributed by atoms with Crippen molar-refractivity contribution < 1.29 is 26.4 Å². The van der Waals surface area contributed by atoms with E-state index >= 15 is 0 Å². The third-order valence-corrected chi connectivity index (χ3v) is 8.21. The van der Waals surface area contributed by atoms with Crippen LogP contribution in [0.4, 0.5) is 13.2 Å². The smallest absolute Gasteiger partial charge is 0.341 e. The number of nitrogens with one attached hydrogen (secondary N) is 1. The Balaban J connectivity index is 1.78. The fraction of sp³-hybridized carbons (Fsp3) is 0.682. The summed E-state index contributed by atoms with van der Waals surface area (Å²) in [5.41, 5.74) is -1.14. The molecule has 2 fully saturated rings. The Bertz CT molecular complexity index is 908. The van der Waals surface area contributed by atoms with Crippen LogP contribution in [-0.2, 0) is 21.0 Å². The Labute approximate surface area is 188 Å². The van der Waals surface area contributed by atoms with Crippen molar-refractivity contribution in [3.05, 3.63) is 29.8 Å². The molecular weight excluding hydrogens is 443 g/mol. The zero-order valence-electron chi connectivity index (χ0n) is 18.7. The maximum absolute atomic E-state index is 13.5. The first-order valence-corrected chi connectivity index (χ1v) is 12.6. The minimum Gasteiger partial charge on any atom is -0.341 e. The second-order valence-corrected chi connectivity index (χ2v) is 10.9. The van der Waals surface area contributed by atoms with Crippen LogP contribution >= 0.6 is 0 Å². The van der Waals surface area contributed by atoms with Crippen LogP contribution in [0.3, 0.4) is 0 Å². The normalized spacial score (nSPS) is 19.6. The first kappa shape index (κ1) is 25.0. The van der Waals surface area contributed by atoms with E-state index in [9.17, 15) is 26.4 Å². The largest absolute Gasteiger partial charge is 0.417 e. The van der Waals surface area contributed by atoms with Gasteiger partial charge in [0.2, 0.25) is 15.9 Å². The van der Waals surface area contributed by atoms with Gasteiger partial charge in [0.05, 0.1) is 16.5 Å². The number of nitrogens with zero attached hydrogens (tertiary/aromatic N) is 2. The van der Waals surface area contributed by atoms with Gasteiger partial charge in [-0.05, 0) is 57.2 Å². The highest BCUT2D eigenvalue weighted by molar-refractivity contribution is 7.89. The van der Waals surface area contributed by atoms with E-state index < -0.39 is 32.7 Å². The maximum atomic E-state index is 13.5. The van der Waals surface area contributed by atoms with Gasteiger partial charge in [-0.2, -0.15) is 17.5 Å². The first-order valence-electron chi connectivity index (χ1n) is 11.1. The molecule has 1 aromatic rings. The molecule has 2 aliphatic rings. The number of halogens is 3. The molecule has 0 aromatic heterocycles. The van der Waals surface area contributed by atoms with Crippen molar-refractivity contribution in [1.82, 2.24) is 14.5 Å². The van der Waals surface area contributed by atoms with E-state index in [0.717, 1.165) is 12.1 Å². The maximum Gasteiger partial charge on any atom is 0.417 e. The predicted molar refractivity (Wildman–Crippen MR) is 115 cm³/mol. The summed E-state index contributed by atoms with van der Waals surface area (Å²) < 4.78 is 68.6. The fourth-order valence-corrected chi connectivity index (χ4v) is 6.58. The Hall–Kier alpha value is -1.65. The number of likely N-dealkylation sites (N-methyl/N-ethyl adjacent to an activating group) is 1. The summed E-state index contributed by atoms with van der Waals surface area (Å²) in [6, 6.07) is 3.37. The van der Waals surface area contributed by atoms with E-state index in [1.807, 2.05) is 13.8 Å². The zero-order chi connectivity index (χ0) is 23.7. The minimum absolute atomic E-state index is 0.0112. The summed E-state index contributed by atoms with van der Waals surface area (Å²) >= 11 is 0. The number of alkyl halides is 3. The summed E-state index contributed by atoms with van der Waals surface area (Å²) in [5, 5.41) is 3.05. The number of likely N-dealkylation sites (tertiary alicyclic amines) is 1. The number of hydrogen-bond donors (Lipinski definition) is 1. The van der Waals surface area contributed by atoms with Crippen molar-refractivity contribution in [3.63, 3.8) is 0 Å². The van der Waals surface area contributed by atoms with Gasteiger partial charge in [-0.3, -0.25) is 4.79 Å². The quantitative estimate of drug-likeness (QED) is 0.625. The first-order chi connectivity index (χ1) is 15.0. The average Bonchev–Trinajstić information content (AvgIpc) is 3.56. The topological polar surface area (TPSA) is 69.7 Å². The highest BCUT2D eigenvalue weighted by atomic mass is 32.2. The Kier molecular flexibility index (Phi) is 7.56. The van der Waals surface area contributed by atoms with Gasteiger partial charge >= 0.3 is 6.18 Å². The van der Waals surface area contributed by atoms with Crippen LogP contribution in [0.2, 0.25) is 0 Å². The fourth-order valence-electron chi connectivity index (χ4n) is 4.43. The SMILES string of the molecule is CN[C@@H](CC(C)C)C(=O)N1CCC(N(C2CC2)S(=O)(=O)c2ccccc2C(F)(F)F)CC1. The van der Waals surface area contributed by atoms with Gasteiger partial charge in [0.15, 0.2) is 0 Å². The summed E-state index contributed by atoms with van der Waals surface area (Å²) in [5.74, 6) is 0.334. The minimum atomic E-state index is -4.76. The van der Waals surface area contributed by atoms with Crippen LogP contribution < -0.4 is 5.32 Å². The molecular formula is C22H32F3N3O3S. The van der Waals surface area contributed by atoms with Gasteiger partial charge in [-0.15, -0.1) is 0 Å². The van der Waals surface area contributed by atoms with Gasteiger partial charge in [0.25, 0.3) is 0 Å². The summed E-state index contributed by atoms with van der Waals surface area (Å²) in [6.07, 6.45) is -1.95. The van der Waals surface area contributed by atoms with Crippen molar-refractivity contribution in [3.8, 4) is 0 Å². The van der Waals surface area contributed by atoms with E-state index in [4.69, 9.17) is 0 Å². The molecule has 0 radical (unpaired) electrons. The Morgan fingerprint density at radius 2 is 1.69 bits per heavy atom. The van der Waals surface area contributed by atoms with Crippen LogP contribution in [0.5, 0.6) is 0 Å². The second-order valence-electron chi connectivity index (χ2n) is 9.09. The number of benzene rings is 1. The molecule has 1 aliphatic carbocycles. The molecule has 10 heteroatoms. The number of rotatable bonds is 8. The van der Waals surface area contributed by atoms with Crippen molar-refractivity contribution in [2.45, 2.75) is 75.1 Å². The van der Waals surface area contributed by atoms with E-state index in [-0.39, 0.29) is 18.0 Å². The third-order valence-electron chi connectivity index (χ3n) is 6.14. The summed E-state index contributed by atoms with van der Waals surface area (Å²) in [6.45, 7) is 4.86. The van der Waals surface area contributed by atoms with Crippen LogP contribution in [0.25, 0.3) is 0 Å². The van der Waals surface area contributed by atoms with Gasteiger partial charge < -0.3 is 10.2 Å². The molecule has 1 saturated carbocycles. The molecule has 1 saturated heterocycles. The Morgan fingerprint density at radius 3 is 2.19 bits per heavy atom. The average molecular weight is 476 g/mol. The number of amides is 1. The van der Waals surface area contributed by atoms with Crippen molar-refractivity contribution in [2.24, 2.45) is 5.92 Å². The molecule has 180 valence electrons. The standard InChI is InChI=1S/C22H32F3N3O3S/c1-15(2)14-19(26-3)21(29)27-12-10-17(11-13-27)28(16-8-9-16)32(30,31)20-7-5-4-6-18(20)22(23,24)25/h4-7,15-17,19,26H,8-14H2,1-3H3/t19-/m0/s1. The van der Waals surface area contributed by atoms with Gasteiger partial charge in [0.1, 0.15) is 0 Å². The van der Waals surface area contributed by atoms with Crippen LogP contribution in [0, 0.1) is 5.92 Å². The number of carbonyl (C=O) groups excluding carboxylic acids is 1. The lowest BCUT2D eigenvalue weighted by molar-refractivity contribution is -0.140. The van der Waals surface area contributed by atoms with Crippen LogP contribution in [0.15, 0.2) is 29.2 Å². The second kappa shape index (κ2) is 9.69. The Morgan fingerprint density at radius 1 is 1.12 bits per heavy atom. The number of carbonyl (C=O) groups is 1. The highest BCUT2D eigenvalue weighted by Crippen LogP contribution is 2.40. The van der Waals surface area contributed by atoms with Gasteiger partial charge in [-0.1, -0.05) is 26.0 Å². The molecule has 1 heterocycles. The van der Waals surface area contributed by atoms with Crippen molar-refractivity contribution >= 4 is 15.9 Å². The summed E-state index contributed by atoms with van der Waals surface area (Å²) in [7, 11) is -2.58. The van der Waals surface area contributed by atoms with Crippen LogP contribution in [-0.4, -0.2) is 61.8 Å². The number of hydrogen-bond acceptors (Lipinski definition) is 4. The van der Waals surface area contributed by atoms with E-state index in [2.05, 4.69) is 5.32 Å². The van der Waals surface area contributed by atoms with Crippen molar-refractivity contribution in [2.75, 3.05) is 20.1 Å². The molecule has 0 bridgehead atoms. The summed E-state index contributed by atoms with van der Waals surface area (Å²) in [4.78, 5) is 13.9. The highest BCUT2D eigenvalue weighted by Gasteiger charge is 2.47. The lowest BCUT2D eigenvalue weighted by atomic mass is 10.00. The van der Waals surface area contributed by atoms with Crippen molar-refractivity contribution in [1.29, 1.82) is 0 Å². The molecule has 32 heavy (non-hydrogen) atoms. The van der Waals surface area contributed by atoms with E-state index in [1.54, 1.807) is 11.9 Å². The number of piperidine rings is 1. The van der Waals surface area contributed by atoms with E-state index in [1.165, 1.54) is 16.4 Å². The lowest BCUT2D eigenvalue weighted by Gasteiger charge is -2.39. The predicted octanol–water partition coefficient (Wildman–Crippen LogP) is 3.48. The monoisotopic (exact) mass is 475 g/mol. The van der Waals surface area contributed by atoms with E-state index in [0.29, 0.717) is 51.1 Å². The van der Waals surface area contributed by atoms with Gasteiger partial charge in [-0.25, -0.2) is 8.42 Å². The molecule has 6 nitrogen and oxygen atoms in total. The molecule has 1 atom stereocenters. The molecule has 1 N–H and O–H groups in total.